The topological polar surface area (TPSA) is 26.3 Å². The highest BCUT2D eigenvalue weighted by molar-refractivity contribution is 5.37. The summed E-state index contributed by atoms with van der Waals surface area (Å²) in [4.78, 5) is 9.29. The molecule has 2 nitrogen and oxygen atoms in total. The van der Waals surface area contributed by atoms with Gasteiger partial charge in [-0.05, 0) is 0 Å². The van der Waals surface area contributed by atoms with Crippen LogP contribution < -0.4 is 0 Å². The van der Waals surface area contributed by atoms with Gasteiger partial charge in [-0.25, -0.2) is 0 Å². The fourth-order valence-corrected chi connectivity index (χ4v) is 0.150. The number of carbonyl (C=O) groups is 1. The van der Waals surface area contributed by atoms with Gasteiger partial charge in [0, 0.05) is 6.08 Å². The second-order valence-electron chi connectivity index (χ2n) is 0.923. The molecule has 0 saturated heterocycles. The third-order valence-electron chi connectivity index (χ3n) is 0.402. The summed E-state index contributed by atoms with van der Waals surface area (Å²) in [7, 11) is 0. The second-order valence-corrected chi connectivity index (χ2v) is 0.923. The molecule has 0 saturated carbocycles. The molecule has 0 rings (SSSR count). The van der Waals surface area contributed by atoms with Crippen molar-refractivity contribution in [2.75, 3.05) is 6.61 Å². The number of hydrogen-bond acceptors (Lipinski definition) is 2. The van der Waals surface area contributed by atoms with Gasteiger partial charge in [-0.3, -0.25) is 4.79 Å². The van der Waals surface area contributed by atoms with Crippen molar-refractivity contribution < 1.29 is 18.3 Å². The van der Waals surface area contributed by atoms with Crippen LogP contribution in [0.3, 0.4) is 0 Å². The molecule has 0 unspecified atom stereocenters. The van der Waals surface area contributed by atoms with Crippen molar-refractivity contribution in [2.24, 2.45) is 0 Å². The Bertz CT molecular complexity index is 96.2. The zero-order valence-electron chi connectivity index (χ0n) is 3.93. The van der Waals surface area contributed by atoms with Gasteiger partial charge in [-0.2, -0.15) is 8.78 Å². The molecule has 0 aromatic rings. The van der Waals surface area contributed by atoms with E-state index in [2.05, 4.69) is 4.74 Å². The molecule has 0 aliphatic rings. The van der Waals surface area contributed by atoms with E-state index in [1.54, 1.807) is 0 Å². The molecule has 0 amide bonds. The summed E-state index contributed by atoms with van der Waals surface area (Å²) in [5.74, 6) is 0. The first kappa shape index (κ1) is 7.07. The third-order valence-corrected chi connectivity index (χ3v) is 0.402. The summed E-state index contributed by atoms with van der Waals surface area (Å²) in [6.45, 7) is -0.245. The number of rotatable bonds is 3. The minimum atomic E-state index is -1.84. The minimum Gasteiger partial charge on any atom is -0.463 e. The van der Waals surface area contributed by atoms with Crippen LogP contribution in [0.25, 0.3) is 0 Å². The van der Waals surface area contributed by atoms with Gasteiger partial charge in [0.25, 0.3) is 12.6 Å². The van der Waals surface area contributed by atoms with E-state index in [0.717, 1.165) is 0 Å². The van der Waals surface area contributed by atoms with Crippen molar-refractivity contribution in [3.05, 3.63) is 12.2 Å². The lowest BCUT2D eigenvalue weighted by Gasteiger charge is -1.84. The summed E-state index contributed by atoms with van der Waals surface area (Å²) >= 11 is 0. The van der Waals surface area contributed by atoms with Crippen LogP contribution in [0.1, 0.15) is 0 Å². The van der Waals surface area contributed by atoms with E-state index in [4.69, 9.17) is 0 Å². The maximum atomic E-state index is 11.0. The van der Waals surface area contributed by atoms with E-state index >= 15 is 0 Å². The van der Waals surface area contributed by atoms with E-state index in [1.165, 1.54) is 0 Å². The van der Waals surface area contributed by atoms with Gasteiger partial charge >= 0.3 is 0 Å². The van der Waals surface area contributed by atoms with Crippen molar-refractivity contribution in [1.29, 1.82) is 0 Å². The Morgan fingerprint density at radius 3 is 2.62 bits per heavy atom. The Balaban J connectivity index is 3.15. The van der Waals surface area contributed by atoms with Crippen molar-refractivity contribution >= 4 is 6.47 Å². The van der Waals surface area contributed by atoms with Crippen LogP contribution in [0, 0.1) is 0 Å². The third kappa shape index (κ3) is 5.07. The van der Waals surface area contributed by atoms with Gasteiger partial charge in [0.15, 0.2) is 0 Å². The maximum absolute atomic E-state index is 11.0. The number of halogens is 2. The van der Waals surface area contributed by atoms with Crippen molar-refractivity contribution in [3.63, 3.8) is 0 Å². The zero-order valence-corrected chi connectivity index (χ0v) is 3.93. The van der Waals surface area contributed by atoms with E-state index < -0.39 is 6.08 Å². The molecule has 8 heavy (non-hydrogen) atoms. The Labute approximate surface area is 44.8 Å². The summed E-state index contributed by atoms with van der Waals surface area (Å²) in [6, 6.07) is 0. The number of carbonyl (C=O) groups excluding carboxylic acids is 1. The summed E-state index contributed by atoms with van der Waals surface area (Å²) in [5, 5.41) is 0. The highest BCUT2D eigenvalue weighted by atomic mass is 19.3. The molecule has 0 aliphatic carbocycles. The van der Waals surface area contributed by atoms with Gasteiger partial charge in [0.05, 0.1) is 0 Å². The van der Waals surface area contributed by atoms with Crippen LogP contribution in [-0.2, 0) is 9.53 Å². The smallest absolute Gasteiger partial charge is 0.293 e. The molecule has 0 N–H and O–H groups in total. The van der Waals surface area contributed by atoms with Crippen LogP contribution in [0.4, 0.5) is 8.78 Å². The molecule has 0 radical (unpaired) electrons. The highest BCUT2D eigenvalue weighted by Gasteiger charge is 1.84. The Morgan fingerprint density at radius 1 is 1.62 bits per heavy atom. The first-order chi connectivity index (χ1) is 3.77. The molecule has 0 bridgehead atoms. The predicted octanol–water partition coefficient (Wildman–Crippen LogP) is 0.940. The van der Waals surface area contributed by atoms with Gasteiger partial charge in [-0.1, -0.05) is 0 Å². The van der Waals surface area contributed by atoms with Crippen LogP contribution in [0.5, 0.6) is 0 Å². The Morgan fingerprint density at radius 2 is 2.25 bits per heavy atom. The van der Waals surface area contributed by atoms with Gasteiger partial charge in [0.1, 0.15) is 6.61 Å². The molecule has 0 aromatic carbocycles. The van der Waals surface area contributed by atoms with Crippen molar-refractivity contribution in [3.8, 4) is 0 Å². The van der Waals surface area contributed by atoms with E-state index in [9.17, 15) is 13.6 Å². The molecule has 0 spiro atoms. The molecular formula is C4H4F2O2. The van der Waals surface area contributed by atoms with Crippen LogP contribution >= 0.6 is 0 Å². The lowest BCUT2D eigenvalue weighted by molar-refractivity contribution is -0.127. The molecule has 46 valence electrons. The minimum absolute atomic E-state index is 0.111. The number of hydrogen-bond donors (Lipinski definition) is 0. The molecule has 0 aromatic heterocycles. The normalized spacial score (nSPS) is 7.75. The average Bonchev–Trinajstić information content (AvgIpc) is 1.66. The fraction of sp³-hybridized carbons (Fsp3) is 0.250. The first-order valence-corrected chi connectivity index (χ1v) is 1.83. The van der Waals surface area contributed by atoms with Gasteiger partial charge < -0.3 is 4.74 Å². The summed E-state index contributed by atoms with van der Waals surface area (Å²) in [5.41, 5.74) is 0. The SMILES string of the molecule is O=COCC=C(F)F. The summed E-state index contributed by atoms with van der Waals surface area (Å²) < 4.78 is 26.0. The zero-order chi connectivity index (χ0) is 6.41. The summed E-state index contributed by atoms with van der Waals surface area (Å²) in [6.07, 6.45) is -1.33. The monoisotopic (exact) mass is 122 g/mol. The lowest BCUT2D eigenvalue weighted by atomic mass is 10.7. The molecule has 0 fully saturated rings. The van der Waals surface area contributed by atoms with Crippen LogP contribution in [0.2, 0.25) is 0 Å². The molecule has 4 heteroatoms. The molecule has 0 heterocycles. The van der Waals surface area contributed by atoms with Crippen LogP contribution in [-0.4, -0.2) is 13.1 Å². The standard InChI is InChI=1S/C4H4F2O2/c5-4(6)1-2-8-3-7/h1,3H,2H2. The Hall–Kier alpha value is -0.930. The van der Waals surface area contributed by atoms with E-state index in [0.29, 0.717) is 6.08 Å². The van der Waals surface area contributed by atoms with Crippen molar-refractivity contribution in [2.45, 2.75) is 0 Å². The quantitative estimate of drug-likeness (QED) is 0.411. The molecular weight excluding hydrogens is 118 g/mol. The van der Waals surface area contributed by atoms with Gasteiger partial charge in [0.2, 0.25) is 0 Å². The maximum Gasteiger partial charge on any atom is 0.293 e. The molecule has 0 aliphatic heterocycles. The molecule has 0 atom stereocenters. The lowest BCUT2D eigenvalue weighted by Crippen LogP contribution is -1.85. The highest BCUT2D eigenvalue weighted by Crippen LogP contribution is 1.94. The number of ether oxygens (including phenoxy) is 1. The predicted molar refractivity (Wildman–Crippen MR) is 22.3 cm³/mol. The van der Waals surface area contributed by atoms with E-state index in [1.807, 2.05) is 0 Å². The second kappa shape index (κ2) is 4.23. The van der Waals surface area contributed by atoms with Gasteiger partial charge in [-0.15, -0.1) is 0 Å². The van der Waals surface area contributed by atoms with Crippen molar-refractivity contribution in [1.82, 2.24) is 0 Å². The first-order valence-electron chi connectivity index (χ1n) is 1.83. The Kier molecular flexibility index (Phi) is 3.74. The average molecular weight is 122 g/mol. The van der Waals surface area contributed by atoms with E-state index in [-0.39, 0.29) is 13.1 Å². The van der Waals surface area contributed by atoms with Crippen LogP contribution in [0.15, 0.2) is 12.2 Å². The largest absolute Gasteiger partial charge is 0.463 e. The fourth-order valence-electron chi connectivity index (χ4n) is 0.150.